The molecule has 1 fully saturated rings. The van der Waals surface area contributed by atoms with Gasteiger partial charge in [0, 0.05) is 74.9 Å². The molecule has 14 nitrogen and oxygen atoms in total. The van der Waals surface area contributed by atoms with Gasteiger partial charge in [0.1, 0.15) is 0 Å². The zero-order chi connectivity index (χ0) is 55.3. The second kappa shape index (κ2) is 32.3. The SMILES string of the molecule is COc1ccn(Cc2ccc(C[C@@H]3CN(C)[C@@H](CC(C)C)CO[C@H](C)CN(C)[C@@H](CC(C)C)CO[C@H](Cc4ccc(Cn5ccc(OC)n5)cc4)CN(C)[C@@H](CC(C)C)CO[C@H](C)CN(C)[C@@H](CC(C)C)CO3)cc2)n1. The van der Waals surface area contributed by atoms with E-state index in [-0.39, 0.29) is 48.6 Å². The molecule has 0 spiro atoms. The molecule has 428 valence electrons. The Balaban J connectivity index is 1.40. The van der Waals surface area contributed by atoms with Crippen LogP contribution in [-0.2, 0) is 44.9 Å². The number of benzene rings is 2. The zero-order valence-corrected chi connectivity index (χ0v) is 50.2. The van der Waals surface area contributed by atoms with Gasteiger partial charge in [-0.1, -0.05) is 104 Å². The average Bonchev–Trinajstić information content (AvgIpc) is 4.03. The first-order valence-corrected chi connectivity index (χ1v) is 28.8. The Kier molecular flexibility index (Phi) is 26.7. The fourth-order valence-electron chi connectivity index (χ4n) is 10.8. The molecule has 14 heteroatoms. The molecular weight excluding hydrogens is 953 g/mol. The number of hydrogen-bond acceptors (Lipinski definition) is 12. The molecule has 0 unspecified atom stereocenters. The van der Waals surface area contributed by atoms with Gasteiger partial charge in [-0.25, -0.2) is 0 Å². The van der Waals surface area contributed by atoms with Crippen molar-refractivity contribution in [3.63, 3.8) is 0 Å². The minimum absolute atomic E-state index is 0.0169. The molecule has 0 radical (unpaired) electrons. The molecule has 0 amide bonds. The van der Waals surface area contributed by atoms with Crippen LogP contribution >= 0.6 is 0 Å². The zero-order valence-electron chi connectivity index (χ0n) is 50.2. The summed E-state index contributed by atoms with van der Waals surface area (Å²) in [5.74, 6) is 3.31. The molecule has 1 aliphatic rings. The van der Waals surface area contributed by atoms with Crippen molar-refractivity contribution in [3.8, 4) is 11.8 Å². The van der Waals surface area contributed by atoms with Crippen molar-refractivity contribution in [3.05, 3.63) is 95.3 Å². The van der Waals surface area contributed by atoms with Crippen molar-refractivity contribution in [2.24, 2.45) is 23.7 Å². The van der Waals surface area contributed by atoms with E-state index < -0.39 is 0 Å². The van der Waals surface area contributed by atoms with E-state index in [2.05, 4.69) is 176 Å². The number of methoxy groups -OCH3 is 2. The lowest BCUT2D eigenvalue weighted by atomic mass is 10.0. The molecule has 2 aromatic heterocycles. The lowest BCUT2D eigenvalue weighted by Crippen LogP contribution is -2.47. The smallest absolute Gasteiger partial charge is 0.232 e. The molecule has 1 aliphatic heterocycles. The Morgan fingerprint density at radius 1 is 0.434 bits per heavy atom. The third-order valence-corrected chi connectivity index (χ3v) is 15.0. The maximum Gasteiger partial charge on any atom is 0.232 e. The van der Waals surface area contributed by atoms with Crippen LogP contribution in [0.1, 0.15) is 117 Å². The number of aromatic nitrogens is 4. The number of hydrogen-bond donors (Lipinski definition) is 0. The van der Waals surface area contributed by atoms with Crippen molar-refractivity contribution >= 4 is 0 Å². The number of nitrogens with zero attached hydrogens (tertiary/aromatic N) is 8. The van der Waals surface area contributed by atoms with Gasteiger partial charge in [-0.2, -0.15) is 0 Å². The van der Waals surface area contributed by atoms with Gasteiger partial charge in [-0.05, 0) is 126 Å². The lowest BCUT2D eigenvalue weighted by molar-refractivity contribution is -0.0536. The molecule has 1 saturated heterocycles. The second-order valence-corrected chi connectivity index (χ2v) is 24.2. The molecule has 0 aliphatic carbocycles. The Hall–Kier alpha value is -3.86. The van der Waals surface area contributed by atoms with Crippen LogP contribution in [0.25, 0.3) is 0 Å². The van der Waals surface area contributed by atoms with Crippen LogP contribution < -0.4 is 9.47 Å². The van der Waals surface area contributed by atoms with Crippen molar-refractivity contribution in [1.29, 1.82) is 0 Å². The van der Waals surface area contributed by atoms with Gasteiger partial charge in [-0.3, -0.25) is 29.0 Å². The lowest BCUT2D eigenvalue weighted by Gasteiger charge is -2.37. The summed E-state index contributed by atoms with van der Waals surface area (Å²) in [4.78, 5) is 10.0. The van der Waals surface area contributed by atoms with E-state index >= 15 is 0 Å². The van der Waals surface area contributed by atoms with E-state index in [4.69, 9.17) is 28.4 Å². The van der Waals surface area contributed by atoms with Crippen LogP contribution in [0.5, 0.6) is 11.8 Å². The third-order valence-electron chi connectivity index (χ3n) is 15.0. The predicted octanol–water partition coefficient (Wildman–Crippen LogP) is 9.96. The molecule has 76 heavy (non-hydrogen) atoms. The maximum absolute atomic E-state index is 7.18. The summed E-state index contributed by atoms with van der Waals surface area (Å²) in [6.45, 7) is 30.3. The van der Waals surface area contributed by atoms with E-state index in [1.54, 1.807) is 14.2 Å². The van der Waals surface area contributed by atoms with Gasteiger partial charge >= 0.3 is 0 Å². The van der Waals surface area contributed by atoms with Crippen LogP contribution in [0.3, 0.4) is 0 Å². The van der Waals surface area contributed by atoms with Crippen LogP contribution in [0.4, 0.5) is 0 Å². The molecule has 0 N–H and O–H groups in total. The molecule has 0 bridgehead atoms. The van der Waals surface area contributed by atoms with Gasteiger partial charge in [-0.15, -0.1) is 10.2 Å². The van der Waals surface area contributed by atoms with Crippen molar-refractivity contribution in [1.82, 2.24) is 39.2 Å². The summed E-state index contributed by atoms with van der Waals surface area (Å²) in [6.07, 6.45) is 9.74. The highest BCUT2D eigenvalue weighted by atomic mass is 16.5. The summed E-state index contributed by atoms with van der Waals surface area (Å²) in [5, 5.41) is 9.04. The van der Waals surface area contributed by atoms with Crippen LogP contribution in [0, 0.1) is 23.7 Å². The fourth-order valence-corrected chi connectivity index (χ4v) is 10.8. The third kappa shape index (κ3) is 22.5. The summed E-state index contributed by atoms with van der Waals surface area (Å²) in [6, 6.07) is 22.7. The van der Waals surface area contributed by atoms with Crippen molar-refractivity contribution < 1.29 is 28.4 Å². The van der Waals surface area contributed by atoms with Crippen LogP contribution in [0.15, 0.2) is 73.1 Å². The summed E-state index contributed by atoms with van der Waals surface area (Å²) in [7, 11) is 12.4. The highest BCUT2D eigenvalue weighted by Crippen LogP contribution is 2.23. The summed E-state index contributed by atoms with van der Waals surface area (Å²) < 4.78 is 42.6. The molecule has 2 aromatic carbocycles. The standard InChI is InChI=1S/C62H104N8O6/c1-45(2)29-55-41-73-49(9)35-65(11)58(32-48(7)8)44-76-60(34-52-19-23-54(24-20-52)38-70-28-26-62(64-70)72-16)40-68(14)56(30-46(3)4)42-74-50(10)36-66(12)57(31-47(5)6)43-75-59(39-67(55)13)33-51-17-21-53(22-18-51)37-69-27-25-61(63-69)71-15/h17-28,45-50,55-60H,29-44H2,1-16H3/t49-,50-,55+,56+,57+,58+,59-,60-/m1/s1. The molecule has 4 aromatic rings. The largest absolute Gasteiger partial charge is 0.480 e. The molecule has 3 heterocycles. The molecule has 5 rings (SSSR count). The van der Waals surface area contributed by atoms with Crippen molar-refractivity contribution in [2.45, 2.75) is 169 Å². The Morgan fingerprint density at radius 3 is 1.01 bits per heavy atom. The predicted molar refractivity (Wildman–Crippen MR) is 310 cm³/mol. The topological polar surface area (TPSA) is 104 Å². The van der Waals surface area contributed by atoms with E-state index in [9.17, 15) is 0 Å². The van der Waals surface area contributed by atoms with Crippen LogP contribution in [0.2, 0.25) is 0 Å². The quantitative estimate of drug-likeness (QED) is 0.0948. The highest BCUT2D eigenvalue weighted by Gasteiger charge is 2.29. The second-order valence-electron chi connectivity index (χ2n) is 24.2. The Labute approximate surface area is 461 Å². The first-order chi connectivity index (χ1) is 36.2. The number of ether oxygens (including phenoxy) is 6. The average molecular weight is 1060 g/mol. The number of likely N-dealkylation sites (N-methyl/N-ethyl adjacent to an activating group) is 4. The first-order valence-electron chi connectivity index (χ1n) is 28.8. The monoisotopic (exact) mass is 1060 g/mol. The van der Waals surface area contributed by atoms with E-state index in [1.165, 1.54) is 22.3 Å². The Bertz CT molecular complexity index is 1990. The van der Waals surface area contributed by atoms with Crippen LogP contribution in [-0.4, -0.2) is 183 Å². The molecule has 0 saturated carbocycles. The van der Waals surface area contributed by atoms with Gasteiger partial charge in [0.15, 0.2) is 0 Å². The maximum atomic E-state index is 7.18. The molecular formula is C62H104N8O6. The molecule has 8 atom stereocenters. The van der Waals surface area contributed by atoms with Gasteiger partial charge in [0.2, 0.25) is 11.8 Å². The normalized spacial score (nSPS) is 24.9. The summed E-state index contributed by atoms with van der Waals surface area (Å²) >= 11 is 0. The minimum atomic E-state index is -0.0169. The Morgan fingerprint density at radius 2 is 0.724 bits per heavy atom. The highest BCUT2D eigenvalue weighted by molar-refractivity contribution is 5.25. The fraction of sp³-hybridized carbons (Fsp3) is 0.710. The number of rotatable bonds is 18. The van der Waals surface area contributed by atoms with Gasteiger partial charge in [0.05, 0.1) is 78.2 Å². The van der Waals surface area contributed by atoms with E-state index in [0.29, 0.717) is 74.9 Å². The van der Waals surface area contributed by atoms with Gasteiger partial charge in [0.25, 0.3) is 0 Å². The van der Waals surface area contributed by atoms with E-state index in [1.807, 2.05) is 33.9 Å². The minimum Gasteiger partial charge on any atom is -0.480 e. The first kappa shape index (κ1) is 63.0. The van der Waals surface area contributed by atoms with E-state index in [0.717, 1.165) is 64.7 Å². The van der Waals surface area contributed by atoms with Crippen molar-refractivity contribution in [2.75, 3.05) is 95.0 Å². The van der Waals surface area contributed by atoms with Gasteiger partial charge < -0.3 is 28.4 Å². The summed E-state index contributed by atoms with van der Waals surface area (Å²) in [5.41, 5.74) is 4.92.